The van der Waals surface area contributed by atoms with Gasteiger partial charge in [-0.05, 0) is 7.05 Å². The van der Waals surface area contributed by atoms with Crippen LogP contribution in [0.1, 0.15) is 0 Å². The van der Waals surface area contributed by atoms with Crippen LogP contribution in [0.2, 0.25) is 0 Å². The minimum absolute atomic E-state index is 0. The molecule has 0 aliphatic heterocycles. The molecule has 0 amide bonds. The van der Waals surface area contributed by atoms with Crippen molar-refractivity contribution in [2.24, 2.45) is 5.73 Å². The number of halogens is 1. The average Bonchev–Trinajstić information content (AvgIpc) is 1.46. The molecular formula is CH6ClN4Na. The Balaban J connectivity index is -0.0000000105. The maximum atomic E-state index is 6.75. The van der Waals surface area contributed by atoms with Gasteiger partial charge in [0.15, 0.2) is 0 Å². The first kappa shape index (κ1) is 25.7. The van der Waals surface area contributed by atoms with E-state index in [0.29, 0.717) is 0 Å². The van der Waals surface area contributed by atoms with Crippen LogP contribution >= 0.6 is 12.4 Å². The first-order chi connectivity index (χ1) is 2.41. The standard InChI is InChI=1S/CH5N.ClH.N3.Na/c1-2;;1-3-2;/h2H2,1H3;1H;;/q;;-1;+1. The largest absolute Gasteiger partial charge is 1.00 e. The summed E-state index contributed by atoms with van der Waals surface area (Å²) >= 11 is 0. The topological polar surface area (TPSA) is 84.7 Å². The van der Waals surface area contributed by atoms with Crippen molar-refractivity contribution in [2.75, 3.05) is 7.05 Å². The molecule has 2 N–H and O–H groups in total. The minimum Gasteiger partial charge on any atom is -0.373 e. The Hall–Kier alpha value is 0.560. The zero-order chi connectivity index (χ0) is 4.71. The van der Waals surface area contributed by atoms with E-state index < -0.39 is 0 Å². The molecule has 7 heavy (non-hydrogen) atoms. The molecule has 0 saturated carbocycles. The Morgan fingerprint density at radius 2 is 1.29 bits per heavy atom. The molecule has 0 spiro atoms. The van der Waals surface area contributed by atoms with Gasteiger partial charge in [-0.25, -0.2) is 0 Å². The molecule has 0 unspecified atom stereocenters. The van der Waals surface area contributed by atoms with Crippen molar-refractivity contribution in [3.8, 4) is 0 Å². The molecule has 0 aromatic heterocycles. The molecule has 0 aromatic carbocycles. The van der Waals surface area contributed by atoms with Crippen molar-refractivity contribution in [1.82, 2.24) is 0 Å². The van der Waals surface area contributed by atoms with Gasteiger partial charge in [0.1, 0.15) is 0 Å². The molecule has 0 aromatic rings. The summed E-state index contributed by atoms with van der Waals surface area (Å²) in [4.78, 5) is 1.50. The summed E-state index contributed by atoms with van der Waals surface area (Å²) in [5.41, 5.74) is 18.0. The summed E-state index contributed by atoms with van der Waals surface area (Å²) in [6.45, 7) is 0. The van der Waals surface area contributed by atoms with Gasteiger partial charge in [0.05, 0.1) is 0 Å². The fourth-order valence-electron chi connectivity index (χ4n) is 0. The maximum Gasteiger partial charge on any atom is 1.00 e. The van der Waals surface area contributed by atoms with Gasteiger partial charge in [-0.2, -0.15) is 0 Å². The first-order valence-corrected chi connectivity index (χ1v) is 0.977. The third kappa shape index (κ3) is 435. The summed E-state index contributed by atoms with van der Waals surface area (Å²) in [6, 6.07) is 0. The second-order valence-corrected chi connectivity index (χ2v) is 0.0894. The molecule has 0 atom stereocenters. The van der Waals surface area contributed by atoms with E-state index >= 15 is 0 Å². The molecule has 6 heteroatoms. The van der Waals surface area contributed by atoms with Gasteiger partial charge in [-0.1, -0.05) is 0 Å². The van der Waals surface area contributed by atoms with Gasteiger partial charge >= 0.3 is 29.6 Å². The number of rotatable bonds is 0. The predicted octanol–water partition coefficient (Wildman–Crippen LogP) is -2.13. The fraction of sp³-hybridized carbons (Fsp3) is 1.00. The third-order valence-corrected chi connectivity index (χ3v) is 0. The van der Waals surface area contributed by atoms with Crippen LogP contribution in [-0.4, -0.2) is 7.05 Å². The smallest absolute Gasteiger partial charge is 0.373 e. The summed E-state index contributed by atoms with van der Waals surface area (Å²) in [7, 11) is 1.50. The fourth-order valence-corrected chi connectivity index (χ4v) is 0. The van der Waals surface area contributed by atoms with Crippen LogP contribution in [0.3, 0.4) is 0 Å². The van der Waals surface area contributed by atoms with Gasteiger partial charge in [0.25, 0.3) is 0 Å². The second-order valence-electron chi connectivity index (χ2n) is 0.0894. The van der Waals surface area contributed by atoms with Crippen molar-refractivity contribution in [3.05, 3.63) is 16.0 Å². The SMILES string of the molecule is CN.Cl.[N-]=[N+]=[N-].[Na+]. The molecular weight excluding hydrogens is 126 g/mol. The van der Waals surface area contributed by atoms with Gasteiger partial charge in [-0.15, -0.1) is 12.4 Å². The van der Waals surface area contributed by atoms with Gasteiger partial charge in [-0.3, -0.25) is 4.91 Å². The van der Waals surface area contributed by atoms with Crippen LogP contribution in [0, 0.1) is 0 Å². The monoisotopic (exact) mass is 132 g/mol. The molecule has 38 valence electrons. The van der Waals surface area contributed by atoms with E-state index in [-0.39, 0.29) is 42.0 Å². The van der Waals surface area contributed by atoms with E-state index in [0.717, 1.165) is 0 Å². The van der Waals surface area contributed by atoms with E-state index in [4.69, 9.17) is 11.1 Å². The Bertz CT molecular complexity index is 32.7. The van der Waals surface area contributed by atoms with Crippen LogP contribution in [0.25, 0.3) is 16.0 Å². The molecule has 0 bridgehead atoms. The molecule has 0 saturated heterocycles. The molecule has 0 heterocycles. The van der Waals surface area contributed by atoms with Crippen LogP contribution in [0.4, 0.5) is 0 Å². The van der Waals surface area contributed by atoms with E-state index in [9.17, 15) is 0 Å². The first-order valence-electron chi connectivity index (χ1n) is 0.977. The second kappa shape index (κ2) is 83.3. The van der Waals surface area contributed by atoms with Gasteiger partial charge in [0, 0.05) is 0 Å². The Labute approximate surface area is 70.6 Å². The zero-order valence-electron chi connectivity index (χ0n) is 4.33. The Morgan fingerprint density at radius 1 is 1.29 bits per heavy atom. The van der Waals surface area contributed by atoms with Crippen molar-refractivity contribution in [3.63, 3.8) is 0 Å². The number of nitrogens with zero attached hydrogens (tertiary/aromatic N) is 3. The Kier molecular flexibility index (Phi) is 306. The molecule has 0 radical (unpaired) electrons. The van der Waals surface area contributed by atoms with E-state index in [2.05, 4.69) is 5.73 Å². The molecule has 4 nitrogen and oxygen atoms in total. The van der Waals surface area contributed by atoms with Crippen LogP contribution in [0.5, 0.6) is 0 Å². The summed E-state index contributed by atoms with van der Waals surface area (Å²) < 4.78 is 0. The van der Waals surface area contributed by atoms with Gasteiger partial charge in [0.2, 0.25) is 0 Å². The Morgan fingerprint density at radius 3 is 1.29 bits per heavy atom. The molecule has 0 fully saturated rings. The van der Waals surface area contributed by atoms with Gasteiger partial charge < -0.3 is 16.8 Å². The summed E-state index contributed by atoms with van der Waals surface area (Å²) in [6.07, 6.45) is 0. The molecule has 0 rings (SSSR count). The van der Waals surface area contributed by atoms with E-state index in [1.807, 2.05) is 0 Å². The number of hydrogen-bond acceptors (Lipinski definition) is 1. The maximum absolute atomic E-state index is 6.75. The van der Waals surface area contributed by atoms with Crippen LogP contribution in [-0.2, 0) is 0 Å². The van der Waals surface area contributed by atoms with Crippen molar-refractivity contribution < 1.29 is 29.6 Å². The summed E-state index contributed by atoms with van der Waals surface area (Å²) in [5.74, 6) is 0. The average molecular weight is 133 g/mol. The third-order valence-electron chi connectivity index (χ3n) is 0. The van der Waals surface area contributed by atoms with E-state index in [1.165, 1.54) is 12.0 Å². The number of hydrogen-bond donors (Lipinski definition) is 1. The predicted molar refractivity (Wildman–Crippen MR) is 27.4 cm³/mol. The minimum atomic E-state index is 0. The van der Waals surface area contributed by atoms with Crippen molar-refractivity contribution in [1.29, 1.82) is 0 Å². The molecule has 0 aliphatic carbocycles. The quantitative estimate of drug-likeness (QED) is 0.174. The number of nitrogens with two attached hydrogens (primary N) is 1. The van der Waals surface area contributed by atoms with Crippen molar-refractivity contribution in [2.45, 2.75) is 0 Å². The zero-order valence-corrected chi connectivity index (χ0v) is 7.14. The van der Waals surface area contributed by atoms with Crippen molar-refractivity contribution >= 4 is 12.4 Å². The van der Waals surface area contributed by atoms with Crippen LogP contribution < -0.4 is 35.3 Å². The normalized spacial score (nSPS) is 2.00. The van der Waals surface area contributed by atoms with Crippen LogP contribution in [0.15, 0.2) is 0 Å². The molecule has 0 aliphatic rings. The van der Waals surface area contributed by atoms with E-state index in [1.54, 1.807) is 0 Å². The summed E-state index contributed by atoms with van der Waals surface area (Å²) in [5, 5.41) is 0.